The first-order chi connectivity index (χ1) is 16.5. The fourth-order valence-electron chi connectivity index (χ4n) is 4.70. The van der Waals surface area contributed by atoms with Gasteiger partial charge in [-0.25, -0.2) is 4.39 Å². The van der Waals surface area contributed by atoms with E-state index in [1.807, 2.05) is 6.92 Å². The van der Waals surface area contributed by atoms with Crippen LogP contribution in [0.3, 0.4) is 0 Å². The van der Waals surface area contributed by atoms with Crippen molar-refractivity contribution in [1.29, 1.82) is 0 Å². The third kappa shape index (κ3) is 4.50. The van der Waals surface area contributed by atoms with E-state index in [1.165, 1.54) is 12.1 Å². The number of aromatic nitrogens is 1. The quantitative estimate of drug-likeness (QED) is 0.528. The van der Waals surface area contributed by atoms with Crippen molar-refractivity contribution in [3.63, 3.8) is 0 Å². The van der Waals surface area contributed by atoms with Crippen LogP contribution in [-0.2, 0) is 4.79 Å². The molecule has 0 spiro atoms. The second-order valence-electron chi connectivity index (χ2n) is 8.56. The summed E-state index contributed by atoms with van der Waals surface area (Å²) in [7, 11) is 1.56. The Bertz CT molecular complexity index is 1230. The highest BCUT2D eigenvalue weighted by Crippen LogP contribution is 2.35. The van der Waals surface area contributed by atoms with Crippen molar-refractivity contribution in [2.45, 2.75) is 32.2 Å². The van der Waals surface area contributed by atoms with Gasteiger partial charge in [-0.1, -0.05) is 19.1 Å². The van der Waals surface area contributed by atoms with Crippen molar-refractivity contribution >= 4 is 16.8 Å². The van der Waals surface area contributed by atoms with Crippen LogP contribution in [-0.4, -0.2) is 37.3 Å². The lowest BCUT2D eigenvalue weighted by Crippen LogP contribution is -2.39. The van der Waals surface area contributed by atoms with Crippen LogP contribution in [0.15, 0.2) is 47.4 Å². The zero-order chi connectivity index (χ0) is 24.2. The Balaban J connectivity index is 2.03. The number of pyridine rings is 1. The SMILES string of the molecule is CCCOc1ccc(F)c2c(=O)c(-c3ccc(OC)cc3)cn(C(C(N)=O)C3CCNCC3)c12. The van der Waals surface area contributed by atoms with E-state index in [0.29, 0.717) is 23.7 Å². The number of carbonyl (C=O) groups excluding carboxylic acids is 1. The molecule has 4 rings (SSSR count). The Labute approximate surface area is 197 Å². The number of carbonyl (C=O) groups is 1. The number of halogens is 1. The summed E-state index contributed by atoms with van der Waals surface area (Å²) in [4.78, 5) is 26.4. The first kappa shape index (κ1) is 23.8. The van der Waals surface area contributed by atoms with E-state index in [0.717, 1.165) is 32.4 Å². The van der Waals surface area contributed by atoms with Gasteiger partial charge >= 0.3 is 0 Å². The minimum absolute atomic E-state index is 0.0598. The molecule has 2 aromatic carbocycles. The Kier molecular flexibility index (Phi) is 7.17. The average molecular weight is 468 g/mol. The lowest BCUT2D eigenvalue weighted by atomic mass is 9.88. The number of nitrogens with two attached hydrogens (primary N) is 1. The van der Waals surface area contributed by atoms with Crippen molar-refractivity contribution < 1.29 is 18.7 Å². The van der Waals surface area contributed by atoms with Gasteiger partial charge in [-0.3, -0.25) is 9.59 Å². The minimum Gasteiger partial charge on any atom is -0.497 e. The van der Waals surface area contributed by atoms with E-state index < -0.39 is 23.2 Å². The van der Waals surface area contributed by atoms with Crippen LogP contribution in [0.25, 0.3) is 22.0 Å². The number of amides is 1. The molecule has 0 bridgehead atoms. The molecule has 1 saturated heterocycles. The summed E-state index contributed by atoms with van der Waals surface area (Å²) in [5.74, 6) is -0.256. The lowest BCUT2D eigenvalue weighted by molar-refractivity contribution is -0.122. The van der Waals surface area contributed by atoms with Gasteiger partial charge in [-0.05, 0) is 68.1 Å². The number of piperidine rings is 1. The molecule has 1 fully saturated rings. The molecule has 7 nitrogen and oxygen atoms in total. The maximum atomic E-state index is 15.2. The molecule has 0 radical (unpaired) electrons. The van der Waals surface area contributed by atoms with Gasteiger partial charge in [0.1, 0.15) is 23.4 Å². The lowest BCUT2D eigenvalue weighted by Gasteiger charge is -2.32. The smallest absolute Gasteiger partial charge is 0.240 e. The Morgan fingerprint density at radius 2 is 1.91 bits per heavy atom. The topological polar surface area (TPSA) is 95.6 Å². The fraction of sp³-hybridized carbons (Fsp3) is 0.385. The Morgan fingerprint density at radius 3 is 2.53 bits per heavy atom. The standard InChI is InChI=1S/C26H30FN3O4/c1-3-14-34-21-9-8-20(27)22-24(21)30(23(26(28)32)17-10-12-29-13-11-17)15-19(25(22)31)16-4-6-18(33-2)7-5-16/h4-9,15,17,23,29H,3,10-14H2,1-2H3,(H2,28,32). The molecule has 1 aliphatic rings. The molecule has 1 unspecified atom stereocenters. The maximum absolute atomic E-state index is 15.2. The highest BCUT2D eigenvalue weighted by atomic mass is 19.1. The monoisotopic (exact) mass is 467 g/mol. The summed E-state index contributed by atoms with van der Waals surface area (Å²) in [6, 6.07) is 8.94. The summed E-state index contributed by atoms with van der Waals surface area (Å²) >= 11 is 0. The Morgan fingerprint density at radius 1 is 1.21 bits per heavy atom. The highest BCUT2D eigenvalue weighted by molar-refractivity contribution is 5.91. The second-order valence-corrected chi connectivity index (χ2v) is 8.56. The number of nitrogens with zero attached hydrogens (tertiary/aromatic N) is 1. The molecule has 0 aliphatic carbocycles. The van der Waals surface area contributed by atoms with Gasteiger partial charge in [0, 0.05) is 11.8 Å². The van der Waals surface area contributed by atoms with E-state index in [-0.39, 0.29) is 22.4 Å². The van der Waals surface area contributed by atoms with E-state index in [4.69, 9.17) is 15.2 Å². The zero-order valence-corrected chi connectivity index (χ0v) is 19.5. The maximum Gasteiger partial charge on any atom is 0.240 e. The number of primary amides is 1. The number of rotatable bonds is 8. The van der Waals surface area contributed by atoms with Crippen molar-refractivity contribution in [3.05, 3.63) is 58.6 Å². The average Bonchev–Trinajstić information content (AvgIpc) is 2.85. The molecule has 2 heterocycles. The predicted molar refractivity (Wildman–Crippen MR) is 130 cm³/mol. The van der Waals surface area contributed by atoms with Gasteiger partial charge in [0.05, 0.1) is 24.6 Å². The number of ether oxygens (including phenoxy) is 2. The molecule has 3 N–H and O–H groups in total. The van der Waals surface area contributed by atoms with Crippen LogP contribution in [0.5, 0.6) is 11.5 Å². The molecule has 0 saturated carbocycles. The van der Waals surface area contributed by atoms with Gasteiger partial charge in [0.15, 0.2) is 5.43 Å². The number of fused-ring (bicyclic) bond motifs is 1. The van der Waals surface area contributed by atoms with Crippen molar-refractivity contribution in [2.24, 2.45) is 11.7 Å². The molecular weight excluding hydrogens is 437 g/mol. The molecule has 8 heteroatoms. The van der Waals surface area contributed by atoms with Crippen molar-refractivity contribution in [2.75, 3.05) is 26.8 Å². The number of nitrogens with one attached hydrogen (secondary N) is 1. The number of methoxy groups -OCH3 is 1. The van der Waals surface area contributed by atoms with Crippen LogP contribution in [0.4, 0.5) is 4.39 Å². The van der Waals surface area contributed by atoms with Crippen LogP contribution in [0.2, 0.25) is 0 Å². The van der Waals surface area contributed by atoms with Gasteiger partial charge in [-0.2, -0.15) is 0 Å². The van der Waals surface area contributed by atoms with Crippen LogP contribution in [0.1, 0.15) is 32.2 Å². The Hall–Kier alpha value is -3.39. The van der Waals surface area contributed by atoms with Gasteiger partial charge in [0.25, 0.3) is 0 Å². The highest BCUT2D eigenvalue weighted by Gasteiger charge is 2.32. The third-order valence-corrected chi connectivity index (χ3v) is 6.37. The van der Waals surface area contributed by atoms with Crippen LogP contribution < -0.4 is 26.0 Å². The summed E-state index contributed by atoms with van der Waals surface area (Å²) in [5, 5.41) is 3.19. The van der Waals surface area contributed by atoms with Gasteiger partial charge < -0.3 is 25.1 Å². The zero-order valence-electron chi connectivity index (χ0n) is 19.5. The predicted octanol–water partition coefficient (Wildman–Crippen LogP) is 3.63. The van der Waals surface area contributed by atoms with E-state index in [9.17, 15) is 9.59 Å². The first-order valence-electron chi connectivity index (χ1n) is 11.6. The van der Waals surface area contributed by atoms with Crippen LogP contribution >= 0.6 is 0 Å². The molecular formula is C26H30FN3O4. The molecule has 3 aromatic rings. The molecule has 180 valence electrons. The molecule has 1 atom stereocenters. The largest absolute Gasteiger partial charge is 0.497 e. The number of hydrogen-bond donors (Lipinski definition) is 2. The van der Waals surface area contributed by atoms with E-state index in [2.05, 4.69) is 5.32 Å². The summed E-state index contributed by atoms with van der Waals surface area (Å²) in [5.41, 5.74) is 6.60. The molecule has 1 aliphatic heterocycles. The number of benzene rings is 2. The van der Waals surface area contributed by atoms with Crippen LogP contribution in [0, 0.1) is 11.7 Å². The second kappa shape index (κ2) is 10.3. The van der Waals surface area contributed by atoms with Gasteiger partial charge in [0.2, 0.25) is 5.91 Å². The molecule has 34 heavy (non-hydrogen) atoms. The first-order valence-corrected chi connectivity index (χ1v) is 11.6. The molecule has 1 aromatic heterocycles. The summed E-state index contributed by atoms with van der Waals surface area (Å²) < 4.78 is 28.0. The normalized spacial score (nSPS) is 15.3. The summed E-state index contributed by atoms with van der Waals surface area (Å²) in [6.45, 7) is 3.86. The number of hydrogen-bond acceptors (Lipinski definition) is 5. The fourth-order valence-corrected chi connectivity index (χ4v) is 4.70. The van der Waals surface area contributed by atoms with E-state index >= 15 is 4.39 Å². The molecule has 1 amide bonds. The third-order valence-electron chi connectivity index (χ3n) is 6.37. The van der Waals surface area contributed by atoms with Gasteiger partial charge in [-0.15, -0.1) is 0 Å². The van der Waals surface area contributed by atoms with E-state index in [1.54, 1.807) is 42.1 Å². The van der Waals surface area contributed by atoms with Crippen molar-refractivity contribution in [1.82, 2.24) is 9.88 Å². The summed E-state index contributed by atoms with van der Waals surface area (Å²) in [6.07, 6.45) is 3.84. The van der Waals surface area contributed by atoms with Crippen molar-refractivity contribution in [3.8, 4) is 22.6 Å². The minimum atomic E-state index is -0.757.